The summed E-state index contributed by atoms with van der Waals surface area (Å²) in [6.07, 6.45) is 3.82. The van der Waals surface area contributed by atoms with Crippen molar-refractivity contribution in [3.63, 3.8) is 0 Å². The maximum absolute atomic E-state index is 11.6. The van der Waals surface area contributed by atoms with E-state index in [0.717, 1.165) is 5.57 Å². The third-order valence-electron chi connectivity index (χ3n) is 0.754. The van der Waals surface area contributed by atoms with Gasteiger partial charge in [0, 0.05) is 9.81 Å². The van der Waals surface area contributed by atoms with Gasteiger partial charge in [-0.2, -0.15) is 0 Å². The Labute approximate surface area is 90.5 Å². The van der Waals surface area contributed by atoms with Gasteiger partial charge in [0.2, 0.25) is 0 Å². The maximum atomic E-state index is 11.6. The highest BCUT2D eigenvalue weighted by molar-refractivity contribution is 9.11. The minimum Gasteiger partial charge on any atom is -0.214 e. The molecule has 0 radical (unpaired) electrons. The number of rotatable bonds is 3. The van der Waals surface area contributed by atoms with Gasteiger partial charge in [-0.25, -0.2) is 4.39 Å². The molecule has 0 N–H and O–H groups in total. The second-order valence-electron chi connectivity index (χ2n) is 1.62. The molecule has 0 saturated carbocycles. The topological polar surface area (TPSA) is 0 Å². The Morgan fingerprint density at radius 1 is 1.42 bits per heavy atom. The van der Waals surface area contributed by atoms with Crippen molar-refractivity contribution in [2.75, 3.05) is 5.33 Å². The Balaban J connectivity index is 0. The molecule has 0 spiro atoms. The normalized spacial score (nSPS) is 10.9. The van der Waals surface area contributed by atoms with E-state index in [1.54, 1.807) is 12.2 Å². The minimum absolute atomic E-state index is 0.412. The van der Waals surface area contributed by atoms with Crippen molar-refractivity contribution in [2.24, 2.45) is 0 Å². The number of hydrogen-bond acceptors (Lipinski definition) is 0. The van der Waals surface area contributed by atoms with E-state index in [2.05, 4.69) is 38.4 Å². The summed E-state index contributed by atoms with van der Waals surface area (Å²) in [6, 6.07) is 0. The van der Waals surface area contributed by atoms with Crippen molar-refractivity contribution in [1.82, 2.24) is 0 Å². The van der Waals surface area contributed by atoms with Crippen molar-refractivity contribution in [3.8, 4) is 0 Å². The molecule has 0 aliphatic carbocycles. The summed E-state index contributed by atoms with van der Waals surface area (Å²) in [7, 11) is 0. The smallest absolute Gasteiger partial charge is 0.101 e. The largest absolute Gasteiger partial charge is 0.214 e. The van der Waals surface area contributed by atoms with E-state index in [1.807, 2.05) is 13.8 Å². The van der Waals surface area contributed by atoms with Gasteiger partial charge in [0.25, 0.3) is 0 Å². The van der Waals surface area contributed by atoms with Gasteiger partial charge in [-0.15, -0.1) is 0 Å². The molecule has 0 aliphatic heterocycles. The molecule has 3 heteroatoms. The molecule has 0 nitrogen and oxygen atoms in total. The lowest BCUT2D eigenvalue weighted by atomic mass is 10.3. The van der Waals surface area contributed by atoms with Crippen molar-refractivity contribution in [2.45, 2.75) is 13.8 Å². The summed E-state index contributed by atoms with van der Waals surface area (Å²) in [6.45, 7) is 7.68. The van der Waals surface area contributed by atoms with E-state index in [0.29, 0.717) is 16.1 Å². The highest BCUT2D eigenvalue weighted by Gasteiger charge is 1.84. The Morgan fingerprint density at radius 2 is 1.92 bits per heavy atom. The summed E-state index contributed by atoms with van der Waals surface area (Å²) in [4.78, 5) is 0. The van der Waals surface area contributed by atoms with Gasteiger partial charge in [-0.3, -0.25) is 0 Å². The maximum Gasteiger partial charge on any atom is 0.101 e. The summed E-state index contributed by atoms with van der Waals surface area (Å²) >= 11 is 6.18. The molecular formula is C9H13Br2F. The molecule has 0 fully saturated rings. The molecule has 0 aliphatic rings. The zero-order valence-electron chi connectivity index (χ0n) is 7.28. The second-order valence-corrected chi connectivity index (χ2v) is 3.10. The first-order valence-corrected chi connectivity index (χ1v) is 5.50. The van der Waals surface area contributed by atoms with Gasteiger partial charge in [0.1, 0.15) is 6.33 Å². The van der Waals surface area contributed by atoms with E-state index in [9.17, 15) is 4.39 Å². The number of allylic oxidation sites excluding steroid dienone is 4. The third-order valence-corrected chi connectivity index (χ3v) is 1.91. The van der Waals surface area contributed by atoms with Crippen molar-refractivity contribution >= 4 is 31.9 Å². The van der Waals surface area contributed by atoms with Crippen molar-refractivity contribution < 1.29 is 4.39 Å². The van der Waals surface area contributed by atoms with E-state index in [1.165, 1.54) is 0 Å². The second kappa shape index (κ2) is 11.1. The molecule has 0 aromatic rings. The number of alkyl halides is 1. The van der Waals surface area contributed by atoms with Crippen LogP contribution in [0.3, 0.4) is 0 Å². The summed E-state index contributed by atoms with van der Waals surface area (Å²) in [5, 5.41) is 0.704. The fraction of sp³-hybridized carbons (Fsp3) is 0.333. The minimum atomic E-state index is 0.412. The van der Waals surface area contributed by atoms with Crippen LogP contribution >= 0.6 is 31.9 Å². The van der Waals surface area contributed by atoms with Crippen molar-refractivity contribution in [3.05, 3.63) is 35.1 Å². The molecule has 0 heterocycles. The Kier molecular flexibility index (Phi) is 13.5. The van der Waals surface area contributed by atoms with Gasteiger partial charge >= 0.3 is 0 Å². The van der Waals surface area contributed by atoms with Crippen LogP contribution < -0.4 is 0 Å². The van der Waals surface area contributed by atoms with Gasteiger partial charge in [-0.05, 0) is 27.6 Å². The Hall–Kier alpha value is 0.110. The van der Waals surface area contributed by atoms with E-state index in [4.69, 9.17) is 0 Å². The highest BCUT2D eigenvalue weighted by Crippen LogP contribution is 2.08. The first-order chi connectivity index (χ1) is 5.70. The van der Waals surface area contributed by atoms with Crippen molar-refractivity contribution in [1.29, 1.82) is 0 Å². The molecule has 70 valence electrons. The molecule has 0 rings (SSSR count). The SMILES string of the molecule is C=C(/C=C\C(Br)=C\F)CBr.CC. The van der Waals surface area contributed by atoms with Crippen LogP contribution in [-0.4, -0.2) is 5.33 Å². The molecule has 0 unspecified atom stereocenters. The van der Waals surface area contributed by atoms with Crippen LogP contribution in [0.4, 0.5) is 4.39 Å². The number of hydrogen-bond donors (Lipinski definition) is 0. The fourth-order valence-electron chi connectivity index (χ4n) is 0.278. The monoisotopic (exact) mass is 298 g/mol. The fourth-order valence-corrected chi connectivity index (χ4v) is 0.597. The van der Waals surface area contributed by atoms with Crippen LogP contribution in [-0.2, 0) is 0 Å². The Bertz CT molecular complexity index is 171. The Morgan fingerprint density at radius 3 is 2.25 bits per heavy atom. The molecule has 0 atom stereocenters. The summed E-state index contributed by atoms with van der Waals surface area (Å²) < 4.78 is 12.1. The van der Waals surface area contributed by atoms with E-state index >= 15 is 0 Å². The van der Waals surface area contributed by atoms with Crippen LogP contribution in [0.1, 0.15) is 13.8 Å². The standard InChI is InChI=1S/C7H7Br2F.C2H6/c1-6(4-8)2-3-7(9)5-10;1-2/h2-3,5H,1,4H2;1-2H3/b3-2-,7-5-;. The van der Waals surface area contributed by atoms with Crippen LogP contribution in [0.5, 0.6) is 0 Å². The average Bonchev–Trinajstić information content (AvgIpc) is 2.16. The lowest BCUT2D eigenvalue weighted by Gasteiger charge is -1.88. The highest BCUT2D eigenvalue weighted by atomic mass is 79.9. The summed E-state index contributed by atoms with van der Waals surface area (Å²) in [5.41, 5.74) is 0.902. The van der Waals surface area contributed by atoms with Crippen LogP contribution in [0.15, 0.2) is 35.1 Å². The lowest BCUT2D eigenvalue weighted by Crippen LogP contribution is -1.72. The van der Waals surface area contributed by atoms with Crippen LogP contribution in [0, 0.1) is 0 Å². The third kappa shape index (κ3) is 10.1. The van der Waals surface area contributed by atoms with E-state index < -0.39 is 0 Å². The van der Waals surface area contributed by atoms with Crippen LogP contribution in [0.2, 0.25) is 0 Å². The van der Waals surface area contributed by atoms with Gasteiger partial charge < -0.3 is 0 Å². The molecular weight excluding hydrogens is 287 g/mol. The molecule has 0 amide bonds. The number of halogens is 3. The molecule has 0 bridgehead atoms. The first kappa shape index (κ1) is 14.6. The molecule has 0 aromatic heterocycles. The average molecular weight is 300 g/mol. The quantitative estimate of drug-likeness (QED) is 0.522. The van der Waals surface area contributed by atoms with Gasteiger partial charge in [-0.1, -0.05) is 42.4 Å². The predicted molar refractivity (Wildman–Crippen MR) is 61.5 cm³/mol. The lowest BCUT2D eigenvalue weighted by molar-refractivity contribution is 0.720. The zero-order chi connectivity index (χ0) is 9.98. The summed E-state index contributed by atoms with van der Waals surface area (Å²) in [5.74, 6) is 0. The molecule has 12 heavy (non-hydrogen) atoms. The first-order valence-electron chi connectivity index (χ1n) is 3.58. The molecule has 0 saturated heterocycles. The zero-order valence-corrected chi connectivity index (χ0v) is 10.5. The van der Waals surface area contributed by atoms with Crippen LogP contribution in [0.25, 0.3) is 0 Å². The molecule has 0 aromatic carbocycles. The van der Waals surface area contributed by atoms with Gasteiger partial charge in [0.05, 0.1) is 0 Å². The predicted octanol–water partition coefficient (Wildman–Crippen LogP) is 4.73. The van der Waals surface area contributed by atoms with E-state index in [-0.39, 0.29) is 0 Å². The van der Waals surface area contributed by atoms with Gasteiger partial charge in [0.15, 0.2) is 0 Å².